The molecule has 2 aromatic rings. The highest BCUT2D eigenvalue weighted by molar-refractivity contribution is 9.09. The predicted octanol–water partition coefficient (Wildman–Crippen LogP) is 2.73. The van der Waals surface area contributed by atoms with Crippen LogP contribution in [0.5, 0.6) is 0 Å². The molecule has 1 aromatic heterocycles. The van der Waals surface area contributed by atoms with Crippen molar-refractivity contribution in [3.8, 4) is 0 Å². The van der Waals surface area contributed by atoms with Gasteiger partial charge in [0.1, 0.15) is 6.54 Å². The third-order valence-corrected chi connectivity index (χ3v) is 6.22. The Balaban J connectivity index is 2.24. The summed E-state index contributed by atoms with van der Waals surface area (Å²) < 4.78 is 5.02. The summed E-state index contributed by atoms with van der Waals surface area (Å²) >= 11 is 5.59. The van der Waals surface area contributed by atoms with Crippen LogP contribution in [0.4, 0.5) is 0 Å². The van der Waals surface area contributed by atoms with Gasteiger partial charge in [0.15, 0.2) is 11.0 Å². The van der Waals surface area contributed by atoms with Gasteiger partial charge in [-0.25, -0.2) is 9.13 Å². The third-order valence-electron chi connectivity index (χ3n) is 3.16. The van der Waals surface area contributed by atoms with Gasteiger partial charge in [0.25, 0.3) is 0 Å². The number of thioether (sulfide) groups is 1. The number of para-hydroxylation sites is 2. The highest BCUT2D eigenvalue weighted by atomic mass is 79.9. The Kier molecular flexibility index (Phi) is 2.33. The van der Waals surface area contributed by atoms with Gasteiger partial charge < -0.3 is 0 Å². The second-order valence-electron chi connectivity index (χ2n) is 4.60. The molecule has 0 bridgehead atoms. The highest BCUT2D eigenvalue weighted by Crippen LogP contribution is 2.42. The molecule has 84 valence electrons. The van der Waals surface area contributed by atoms with Crippen LogP contribution in [0.3, 0.4) is 0 Å². The van der Waals surface area contributed by atoms with Crippen molar-refractivity contribution < 1.29 is 4.57 Å². The Labute approximate surface area is 108 Å². The quantitative estimate of drug-likeness (QED) is 0.581. The van der Waals surface area contributed by atoms with Gasteiger partial charge in [-0.1, -0.05) is 28.1 Å². The number of aromatic nitrogens is 2. The zero-order valence-electron chi connectivity index (χ0n) is 9.40. The summed E-state index contributed by atoms with van der Waals surface area (Å²) in [5, 5.41) is 2.39. The molecule has 16 heavy (non-hydrogen) atoms. The molecule has 0 spiro atoms. The molecule has 1 aliphatic heterocycles. The van der Waals surface area contributed by atoms with E-state index in [0.29, 0.717) is 0 Å². The second-order valence-corrected chi connectivity index (χ2v) is 6.72. The minimum absolute atomic E-state index is 0.289. The van der Waals surface area contributed by atoms with Gasteiger partial charge in [-0.3, -0.25) is 0 Å². The SMILES string of the molecule is C[n+]1c2n(c3ccccc31)C[C@](C)(CBr)S2. The summed E-state index contributed by atoms with van der Waals surface area (Å²) in [5.41, 5.74) is 2.67. The number of hydrogen-bond donors (Lipinski definition) is 0. The van der Waals surface area contributed by atoms with Crippen molar-refractivity contribution in [1.29, 1.82) is 0 Å². The van der Waals surface area contributed by atoms with E-state index < -0.39 is 0 Å². The molecular formula is C12H14BrN2S+. The Morgan fingerprint density at radius 1 is 1.50 bits per heavy atom. The highest BCUT2D eigenvalue weighted by Gasteiger charge is 2.42. The van der Waals surface area contributed by atoms with Crippen molar-refractivity contribution in [2.45, 2.75) is 23.4 Å². The molecule has 2 nitrogen and oxygen atoms in total. The first-order valence-corrected chi connectivity index (χ1v) is 7.31. The van der Waals surface area contributed by atoms with Gasteiger partial charge in [-0.15, -0.1) is 0 Å². The molecular weight excluding hydrogens is 284 g/mol. The summed E-state index contributed by atoms with van der Waals surface area (Å²) in [5.74, 6) is 0. The van der Waals surface area contributed by atoms with Crippen LogP contribution in [0, 0.1) is 0 Å². The molecule has 0 saturated carbocycles. The van der Waals surface area contributed by atoms with Crippen LogP contribution in [0.2, 0.25) is 0 Å². The van der Waals surface area contributed by atoms with Crippen molar-refractivity contribution in [1.82, 2.24) is 4.57 Å². The molecule has 0 saturated heterocycles. The summed E-state index contributed by atoms with van der Waals surface area (Å²) in [6.45, 7) is 3.40. The van der Waals surface area contributed by atoms with Crippen LogP contribution in [-0.4, -0.2) is 14.6 Å². The topological polar surface area (TPSA) is 8.81 Å². The van der Waals surface area contributed by atoms with Crippen LogP contribution in [0.25, 0.3) is 11.0 Å². The van der Waals surface area contributed by atoms with Gasteiger partial charge in [0.2, 0.25) is 0 Å². The first kappa shape index (κ1) is 10.7. The maximum absolute atomic E-state index is 3.62. The van der Waals surface area contributed by atoms with E-state index in [9.17, 15) is 0 Å². The van der Waals surface area contributed by atoms with Gasteiger partial charge in [0.05, 0.1) is 11.8 Å². The molecule has 2 heterocycles. The lowest BCUT2D eigenvalue weighted by atomic mass is 10.2. The Bertz CT molecular complexity index is 563. The summed E-state index contributed by atoms with van der Waals surface area (Å²) in [6, 6.07) is 8.61. The number of fused-ring (bicyclic) bond motifs is 3. The fourth-order valence-electron chi connectivity index (χ4n) is 2.30. The van der Waals surface area contributed by atoms with E-state index in [-0.39, 0.29) is 4.75 Å². The number of imidazole rings is 1. The van der Waals surface area contributed by atoms with E-state index in [2.05, 4.69) is 63.3 Å². The fraction of sp³-hybridized carbons (Fsp3) is 0.417. The average molecular weight is 298 g/mol. The number of rotatable bonds is 1. The molecule has 0 amide bonds. The van der Waals surface area contributed by atoms with Crippen LogP contribution in [0.1, 0.15) is 6.92 Å². The molecule has 0 aliphatic carbocycles. The van der Waals surface area contributed by atoms with E-state index >= 15 is 0 Å². The predicted molar refractivity (Wildman–Crippen MR) is 71.2 cm³/mol. The van der Waals surface area contributed by atoms with Crippen molar-refractivity contribution in [2.75, 3.05) is 5.33 Å². The van der Waals surface area contributed by atoms with Gasteiger partial charge in [0, 0.05) is 5.33 Å². The number of halogens is 1. The summed E-state index contributed by atoms with van der Waals surface area (Å²) in [4.78, 5) is 0. The first-order chi connectivity index (χ1) is 7.64. The minimum atomic E-state index is 0.289. The number of alkyl halides is 1. The number of benzene rings is 1. The van der Waals surface area contributed by atoms with Gasteiger partial charge >= 0.3 is 5.16 Å². The maximum Gasteiger partial charge on any atom is 0.319 e. The van der Waals surface area contributed by atoms with E-state index in [1.807, 2.05) is 11.8 Å². The minimum Gasteiger partial charge on any atom is -0.220 e. The van der Waals surface area contributed by atoms with E-state index in [1.54, 1.807) is 0 Å². The number of hydrogen-bond acceptors (Lipinski definition) is 1. The molecule has 0 fully saturated rings. The molecule has 0 unspecified atom stereocenters. The van der Waals surface area contributed by atoms with Crippen LogP contribution in [0.15, 0.2) is 29.4 Å². The summed E-state index contributed by atoms with van der Waals surface area (Å²) in [6.07, 6.45) is 0. The van der Waals surface area contributed by atoms with Crippen LogP contribution >= 0.6 is 27.7 Å². The molecule has 0 N–H and O–H groups in total. The zero-order valence-corrected chi connectivity index (χ0v) is 11.8. The van der Waals surface area contributed by atoms with E-state index in [1.165, 1.54) is 16.2 Å². The Morgan fingerprint density at radius 2 is 2.25 bits per heavy atom. The van der Waals surface area contributed by atoms with E-state index in [0.717, 1.165) is 11.9 Å². The Morgan fingerprint density at radius 3 is 3.00 bits per heavy atom. The lowest BCUT2D eigenvalue weighted by molar-refractivity contribution is -0.685. The third kappa shape index (κ3) is 1.36. The number of aryl methyl sites for hydroxylation is 1. The maximum atomic E-state index is 3.62. The van der Waals surface area contributed by atoms with Crippen molar-refractivity contribution >= 4 is 38.7 Å². The average Bonchev–Trinajstić information content (AvgIpc) is 2.77. The van der Waals surface area contributed by atoms with Crippen molar-refractivity contribution in [2.24, 2.45) is 7.05 Å². The molecule has 3 rings (SSSR count). The molecule has 4 heteroatoms. The van der Waals surface area contributed by atoms with Gasteiger partial charge in [-0.05, 0) is 30.8 Å². The summed E-state index contributed by atoms with van der Waals surface area (Å²) in [7, 11) is 2.15. The standard InChI is InChI=1S/C12H14BrN2S/c1-12(7-13)8-15-10-6-4-3-5-9(10)14(2)11(15)16-12/h3-6H,7-8H2,1-2H3/q+1/t12-/m0/s1. The largest absolute Gasteiger partial charge is 0.319 e. The van der Waals surface area contributed by atoms with E-state index in [4.69, 9.17) is 0 Å². The molecule has 1 atom stereocenters. The number of nitrogens with zero attached hydrogens (tertiary/aromatic N) is 2. The normalized spacial score (nSPS) is 23.9. The van der Waals surface area contributed by atoms with Crippen LogP contribution < -0.4 is 4.57 Å². The lowest BCUT2D eigenvalue weighted by Gasteiger charge is -2.14. The van der Waals surface area contributed by atoms with Crippen molar-refractivity contribution in [3.05, 3.63) is 24.3 Å². The fourth-order valence-corrected chi connectivity index (χ4v) is 4.01. The molecule has 1 aliphatic rings. The Hall–Kier alpha value is -0.480. The van der Waals surface area contributed by atoms with Crippen LogP contribution in [-0.2, 0) is 13.6 Å². The lowest BCUT2D eigenvalue weighted by Crippen LogP contribution is -2.29. The second kappa shape index (κ2) is 3.50. The molecule has 0 radical (unpaired) electrons. The smallest absolute Gasteiger partial charge is 0.220 e. The first-order valence-electron chi connectivity index (χ1n) is 5.37. The van der Waals surface area contributed by atoms with Crippen molar-refractivity contribution in [3.63, 3.8) is 0 Å². The zero-order chi connectivity index (χ0) is 11.3. The molecule has 1 aromatic carbocycles. The van der Waals surface area contributed by atoms with Gasteiger partial charge in [-0.2, -0.15) is 0 Å². The monoisotopic (exact) mass is 297 g/mol.